The fourth-order valence-electron chi connectivity index (χ4n) is 1.55. The van der Waals surface area contributed by atoms with Crippen molar-refractivity contribution in [2.75, 3.05) is 0 Å². The third kappa shape index (κ3) is 10.3. The van der Waals surface area contributed by atoms with Crippen LogP contribution in [0, 0.1) is 0 Å². The quantitative estimate of drug-likeness (QED) is 0.307. The van der Waals surface area contributed by atoms with Gasteiger partial charge >= 0.3 is 8.80 Å². The van der Waals surface area contributed by atoms with Crippen molar-refractivity contribution in [1.29, 1.82) is 0 Å². The fraction of sp³-hybridized carbons (Fsp3) is 1.00. The molecule has 0 aromatic heterocycles. The van der Waals surface area contributed by atoms with Crippen LogP contribution in [0.25, 0.3) is 0 Å². The first-order valence-corrected chi connectivity index (χ1v) is 7.96. The highest BCUT2D eigenvalue weighted by molar-refractivity contribution is 6.57. The molecule has 0 aliphatic rings. The van der Waals surface area contributed by atoms with Gasteiger partial charge in [0.15, 0.2) is 0 Å². The Morgan fingerprint density at radius 3 is 1.87 bits per heavy atom. The molecule has 0 bridgehead atoms. The summed E-state index contributed by atoms with van der Waals surface area (Å²) in [5.74, 6) is 4.76. The van der Waals surface area contributed by atoms with Gasteiger partial charge in [-0.05, 0) is 6.42 Å². The molecule has 0 amide bonds. The topological polar surface area (TPSA) is 75.7 Å². The Morgan fingerprint density at radius 1 is 0.933 bits per heavy atom. The second-order valence-corrected chi connectivity index (χ2v) is 6.31. The minimum Gasteiger partial charge on any atom is -0.389 e. The molecule has 0 aromatic rings. The van der Waals surface area contributed by atoms with E-state index < -0.39 is 8.80 Å². The summed E-state index contributed by atoms with van der Waals surface area (Å²) in [6.45, 7) is 2.21. The van der Waals surface area contributed by atoms with E-state index in [9.17, 15) is 0 Å². The molecular formula is C10H25NO3Si. The van der Waals surface area contributed by atoms with Gasteiger partial charge in [0.25, 0.3) is 0 Å². The van der Waals surface area contributed by atoms with Crippen LogP contribution < -0.4 is 5.90 Å². The molecule has 0 rings (SSSR count). The molecule has 0 aliphatic carbocycles. The van der Waals surface area contributed by atoms with E-state index in [1.54, 1.807) is 0 Å². The zero-order valence-corrected chi connectivity index (χ0v) is 10.7. The highest BCUT2D eigenvalue weighted by atomic mass is 28.4. The Bertz CT molecular complexity index is 145. The van der Waals surface area contributed by atoms with Crippen molar-refractivity contribution in [3.05, 3.63) is 0 Å². The molecule has 5 heteroatoms. The molecule has 0 aliphatic heterocycles. The number of rotatable bonds is 10. The summed E-state index contributed by atoms with van der Waals surface area (Å²) in [7, 11) is -3.48. The van der Waals surface area contributed by atoms with Crippen LogP contribution >= 0.6 is 0 Å². The normalized spacial score (nSPS) is 12.0. The third-order valence-corrected chi connectivity index (χ3v) is 3.93. The van der Waals surface area contributed by atoms with Crippen molar-refractivity contribution in [3.63, 3.8) is 0 Å². The molecule has 0 unspecified atom stereocenters. The number of nitrogens with two attached hydrogens (primary N) is 1. The highest BCUT2D eigenvalue weighted by Crippen LogP contribution is 2.12. The lowest BCUT2D eigenvalue weighted by Crippen LogP contribution is -2.41. The van der Waals surface area contributed by atoms with E-state index in [1.165, 1.54) is 38.5 Å². The summed E-state index contributed by atoms with van der Waals surface area (Å²) >= 11 is 0. The van der Waals surface area contributed by atoms with Crippen molar-refractivity contribution in [2.24, 2.45) is 5.90 Å². The Kier molecular flexibility index (Phi) is 9.33. The van der Waals surface area contributed by atoms with Gasteiger partial charge in [0.05, 0.1) is 0 Å². The van der Waals surface area contributed by atoms with Crippen LogP contribution in [0.2, 0.25) is 6.04 Å². The third-order valence-electron chi connectivity index (χ3n) is 2.54. The van der Waals surface area contributed by atoms with Crippen molar-refractivity contribution in [1.82, 2.24) is 0 Å². The van der Waals surface area contributed by atoms with Gasteiger partial charge in [0.1, 0.15) is 0 Å². The van der Waals surface area contributed by atoms with E-state index in [4.69, 9.17) is 15.5 Å². The first kappa shape index (κ1) is 15.1. The SMILES string of the molecule is CCCCCCCCCC[Si](O)(O)ON. The summed E-state index contributed by atoms with van der Waals surface area (Å²) in [5, 5.41) is 0. The van der Waals surface area contributed by atoms with Crippen LogP contribution in [-0.2, 0) is 4.53 Å². The Balaban J connectivity index is 3.11. The van der Waals surface area contributed by atoms with E-state index in [1.807, 2.05) is 0 Å². The molecule has 4 nitrogen and oxygen atoms in total. The monoisotopic (exact) mass is 235 g/mol. The lowest BCUT2D eigenvalue weighted by atomic mass is 10.1. The maximum atomic E-state index is 9.14. The summed E-state index contributed by atoms with van der Waals surface area (Å²) in [4.78, 5) is 18.3. The standard InChI is InChI=1S/C10H25NO3Si/c1-2-3-4-5-6-7-8-9-10-15(12,13)14-11/h12-13H,2-11H2,1H3. The first-order chi connectivity index (χ1) is 7.12. The van der Waals surface area contributed by atoms with Gasteiger partial charge in [0.2, 0.25) is 0 Å². The molecule has 15 heavy (non-hydrogen) atoms. The van der Waals surface area contributed by atoms with Crippen molar-refractivity contribution < 1.29 is 14.1 Å². The van der Waals surface area contributed by atoms with Gasteiger partial charge in [-0.3, -0.25) is 4.53 Å². The van der Waals surface area contributed by atoms with E-state index in [0.717, 1.165) is 12.8 Å². The van der Waals surface area contributed by atoms with Crippen LogP contribution in [-0.4, -0.2) is 18.4 Å². The van der Waals surface area contributed by atoms with E-state index in [2.05, 4.69) is 11.5 Å². The summed E-state index contributed by atoms with van der Waals surface area (Å²) in [6, 6.07) is 0.318. The Labute approximate surface area is 93.8 Å². The van der Waals surface area contributed by atoms with Gasteiger partial charge in [-0.1, -0.05) is 51.9 Å². The summed E-state index contributed by atoms with van der Waals surface area (Å²) in [5.41, 5.74) is 0. The van der Waals surface area contributed by atoms with Crippen LogP contribution in [0.5, 0.6) is 0 Å². The lowest BCUT2D eigenvalue weighted by Gasteiger charge is -2.12. The Hall–Kier alpha value is 0.0569. The van der Waals surface area contributed by atoms with Crippen molar-refractivity contribution in [2.45, 2.75) is 64.3 Å². The zero-order chi connectivity index (χ0) is 11.6. The highest BCUT2D eigenvalue weighted by Gasteiger charge is 2.30. The molecular weight excluding hydrogens is 210 g/mol. The summed E-state index contributed by atoms with van der Waals surface area (Å²) in [6.07, 6.45) is 9.45. The maximum absolute atomic E-state index is 9.14. The Morgan fingerprint density at radius 2 is 1.40 bits per heavy atom. The van der Waals surface area contributed by atoms with E-state index in [0.29, 0.717) is 6.04 Å². The van der Waals surface area contributed by atoms with Crippen molar-refractivity contribution >= 4 is 8.80 Å². The molecule has 92 valence electrons. The van der Waals surface area contributed by atoms with Crippen molar-refractivity contribution in [3.8, 4) is 0 Å². The number of hydrogen-bond donors (Lipinski definition) is 3. The van der Waals surface area contributed by atoms with Gasteiger partial charge in [0, 0.05) is 6.04 Å². The van der Waals surface area contributed by atoms with Gasteiger partial charge in [-0.25, -0.2) is 5.90 Å². The minimum absolute atomic E-state index is 0.318. The van der Waals surface area contributed by atoms with E-state index >= 15 is 0 Å². The molecule has 0 fully saturated rings. The molecule has 0 saturated heterocycles. The predicted octanol–water partition coefficient (Wildman–Crippen LogP) is 1.94. The molecule has 0 atom stereocenters. The van der Waals surface area contributed by atoms with Crippen LogP contribution in [0.1, 0.15) is 58.3 Å². The van der Waals surface area contributed by atoms with E-state index in [-0.39, 0.29) is 0 Å². The molecule has 0 radical (unpaired) electrons. The first-order valence-electron chi connectivity index (χ1n) is 5.95. The van der Waals surface area contributed by atoms with Crippen LogP contribution in [0.15, 0.2) is 0 Å². The lowest BCUT2D eigenvalue weighted by molar-refractivity contribution is 0.148. The average molecular weight is 235 g/mol. The smallest absolute Gasteiger partial charge is 0.389 e. The van der Waals surface area contributed by atoms with Gasteiger partial charge < -0.3 is 9.59 Å². The minimum atomic E-state index is -3.48. The molecule has 0 heterocycles. The summed E-state index contributed by atoms with van der Waals surface area (Å²) < 4.78 is 4.15. The largest absolute Gasteiger partial charge is 0.512 e. The number of unbranched alkanes of at least 4 members (excludes halogenated alkanes) is 7. The van der Waals surface area contributed by atoms with Crippen LogP contribution in [0.4, 0.5) is 0 Å². The molecule has 0 aromatic carbocycles. The molecule has 4 N–H and O–H groups in total. The second-order valence-electron chi connectivity index (χ2n) is 4.09. The zero-order valence-electron chi connectivity index (χ0n) is 9.74. The number of hydrogen-bond acceptors (Lipinski definition) is 4. The molecule has 0 spiro atoms. The van der Waals surface area contributed by atoms with Gasteiger partial charge in [-0.15, -0.1) is 0 Å². The maximum Gasteiger partial charge on any atom is 0.512 e. The van der Waals surface area contributed by atoms with Gasteiger partial charge in [-0.2, -0.15) is 0 Å². The average Bonchev–Trinajstić information content (AvgIpc) is 2.22. The second kappa shape index (κ2) is 9.29. The van der Waals surface area contributed by atoms with Crippen LogP contribution in [0.3, 0.4) is 0 Å². The fourth-order valence-corrected chi connectivity index (χ4v) is 2.38. The predicted molar refractivity (Wildman–Crippen MR) is 62.9 cm³/mol. The molecule has 0 saturated carbocycles.